The molecule has 7 nitrogen and oxygen atoms in total. The van der Waals surface area contributed by atoms with Crippen LogP contribution in [-0.4, -0.2) is 39.8 Å². The van der Waals surface area contributed by atoms with Gasteiger partial charge in [0.1, 0.15) is 5.82 Å². The van der Waals surface area contributed by atoms with E-state index in [1.807, 2.05) is 0 Å². The van der Waals surface area contributed by atoms with Crippen molar-refractivity contribution in [2.24, 2.45) is 0 Å². The lowest BCUT2D eigenvalue weighted by Crippen LogP contribution is -2.39. The van der Waals surface area contributed by atoms with Crippen molar-refractivity contribution < 1.29 is 27.1 Å². The number of sulfonamides is 1. The highest BCUT2D eigenvalue weighted by Crippen LogP contribution is 2.36. The molecule has 30 heavy (non-hydrogen) atoms. The third-order valence-electron chi connectivity index (χ3n) is 4.80. The summed E-state index contributed by atoms with van der Waals surface area (Å²) in [7, 11) is -3.92. The molecule has 0 fully saturated rings. The highest BCUT2D eigenvalue weighted by Gasteiger charge is 2.24. The summed E-state index contributed by atoms with van der Waals surface area (Å²) in [4.78, 5) is 13.3. The van der Waals surface area contributed by atoms with Crippen molar-refractivity contribution >= 4 is 27.7 Å². The normalized spacial score (nSPS) is 18.2. The summed E-state index contributed by atoms with van der Waals surface area (Å²) < 4.78 is 52.2. The van der Waals surface area contributed by atoms with E-state index < -0.39 is 22.5 Å². The SMILES string of the molecule is O=C(CNS(=O)(=O)c1ccc2c(c1)OCCCO2)NC1CCSc2ccc(F)cc21. The lowest BCUT2D eigenvalue weighted by atomic mass is 10.0. The number of nitrogens with one attached hydrogen (secondary N) is 2. The number of hydrogen-bond donors (Lipinski definition) is 2. The van der Waals surface area contributed by atoms with Gasteiger partial charge >= 0.3 is 0 Å². The lowest BCUT2D eigenvalue weighted by Gasteiger charge is -2.26. The molecule has 0 saturated carbocycles. The standard InChI is InChI=1S/C20H21FN2O5S2/c21-13-2-5-19-15(10-13)16(6-9-29-19)23-20(24)12-22-30(25,26)14-3-4-17-18(11-14)28-8-1-7-27-17/h2-5,10-11,16,22H,1,6-9,12H2,(H,23,24). The number of rotatable bonds is 5. The summed E-state index contributed by atoms with van der Waals surface area (Å²) >= 11 is 1.60. The average molecular weight is 453 g/mol. The van der Waals surface area contributed by atoms with Crippen LogP contribution in [0.2, 0.25) is 0 Å². The average Bonchev–Trinajstić information content (AvgIpc) is 2.98. The summed E-state index contributed by atoms with van der Waals surface area (Å²) in [6.45, 7) is 0.517. The second-order valence-corrected chi connectivity index (χ2v) is 9.83. The molecule has 0 saturated heterocycles. The molecule has 4 rings (SSSR count). The van der Waals surface area contributed by atoms with Crippen molar-refractivity contribution in [1.29, 1.82) is 0 Å². The molecular weight excluding hydrogens is 431 g/mol. The van der Waals surface area contributed by atoms with Crippen LogP contribution in [0, 0.1) is 5.82 Å². The second kappa shape index (κ2) is 8.83. The molecule has 10 heteroatoms. The first-order valence-electron chi connectivity index (χ1n) is 9.53. The number of halogens is 1. The molecule has 160 valence electrons. The Bertz CT molecular complexity index is 1060. The van der Waals surface area contributed by atoms with Crippen LogP contribution < -0.4 is 19.5 Å². The Balaban J connectivity index is 1.41. The van der Waals surface area contributed by atoms with Gasteiger partial charge < -0.3 is 14.8 Å². The molecule has 0 spiro atoms. The van der Waals surface area contributed by atoms with E-state index in [1.165, 1.54) is 24.3 Å². The third kappa shape index (κ3) is 4.71. The topological polar surface area (TPSA) is 93.7 Å². The van der Waals surface area contributed by atoms with Gasteiger partial charge in [-0.2, -0.15) is 0 Å². The minimum absolute atomic E-state index is 0.0129. The Morgan fingerprint density at radius 2 is 1.93 bits per heavy atom. The summed E-state index contributed by atoms with van der Waals surface area (Å²) in [5.74, 6) is 0.779. The number of ether oxygens (including phenoxy) is 2. The monoisotopic (exact) mass is 452 g/mol. The molecule has 1 unspecified atom stereocenters. The van der Waals surface area contributed by atoms with Gasteiger partial charge in [-0.3, -0.25) is 4.79 Å². The zero-order chi connectivity index (χ0) is 21.1. The van der Waals surface area contributed by atoms with Crippen molar-refractivity contribution in [3.63, 3.8) is 0 Å². The van der Waals surface area contributed by atoms with Crippen LogP contribution in [0.4, 0.5) is 4.39 Å². The van der Waals surface area contributed by atoms with Crippen LogP contribution >= 0.6 is 11.8 Å². The maximum Gasteiger partial charge on any atom is 0.241 e. The summed E-state index contributed by atoms with van der Waals surface area (Å²) in [5.41, 5.74) is 0.713. The highest BCUT2D eigenvalue weighted by molar-refractivity contribution is 7.99. The molecule has 1 amide bonds. The van der Waals surface area contributed by atoms with E-state index in [2.05, 4.69) is 10.0 Å². The van der Waals surface area contributed by atoms with E-state index in [0.717, 1.165) is 10.6 Å². The predicted molar refractivity (Wildman–Crippen MR) is 110 cm³/mol. The fourth-order valence-electron chi connectivity index (χ4n) is 3.32. The molecule has 0 bridgehead atoms. The smallest absolute Gasteiger partial charge is 0.241 e. The van der Waals surface area contributed by atoms with E-state index in [0.29, 0.717) is 43.1 Å². The number of thioether (sulfide) groups is 1. The Morgan fingerprint density at radius 3 is 2.77 bits per heavy atom. The van der Waals surface area contributed by atoms with Crippen LogP contribution in [0.5, 0.6) is 11.5 Å². The Hall–Kier alpha value is -2.30. The Morgan fingerprint density at radius 1 is 1.13 bits per heavy atom. The molecule has 2 N–H and O–H groups in total. The van der Waals surface area contributed by atoms with E-state index >= 15 is 0 Å². The molecular formula is C20H21FN2O5S2. The molecule has 2 aliphatic heterocycles. The number of fused-ring (bicyclic) bond motifs is 2. The van der Waals surface area contributed by atoms with Gasteiger partial charge in [0.25, 0.3) is 0 Å². The lowest BCUT2D eigenvalue weighted by molar-refractivity contribution is -0.120. The van der Waals surface area contributed by atoms with Crippen LogP contribution in [0.3, 0.4) is 0 Å². The van der Waals surface area contributed by atoms with Gasteiger partial charge in [-0.25, -0.2) is 17.5 Å². The van der Waals surface area contributed by atoms with Gasteiger partial charge in [0.05, 0.1) is 30.7 Å². The summed E-state index contributed by atoms with van der Waals surface area (Å²) in [5, 5.41) is 2.79. The van der Waals surface area contributed by atoms with Gasteiger partial charge in [0.2, 0.25) is 15.9 Å². The number of carbonyl (C=O) groups excluding carboxylic acids is 1. The zero-order valence-corrected chi connectivity index (χ0v) is 17.7. The van der Waals surface area contributed by atoms with E-state index in [9.17, 15) is 17.6 Å². The first-order valence-corrected chi connectivity index (χ1v) is 12.0. The number of amides is 1. The van der Waals surface area contributed by atoms with Crippen molar-refractivity contribution in [2.45, 2.75) is 28.7 Å². The van der Waals surface area contributed by atoms with E-state index in [-0.39, 0.29) is 16.8 Å². The van der Waals surface area contributed by atoms with E-state index in [4.69, 9.17) is 9.47 Å². The first kappa shape index (κ1) is 21.0. The van der Waals surface area contributed by atoms with Gasteiger partial charge in [0.15, 0.2) is 11.5 Å². The number of hydrogen-bond acceptors (Lipinski definition) is 6. The molecule has 0 radical (unpaired) electrons. The van der Waals surface area contributed by atoms with Crippen molar-refractivity contribution in [1.82, 2.24) is 10.0 Å². The maximum absolute atomic E-state index is 13.6. The Kier molecular flexibility index (Phi) is 6.16. The molecule has 2 aromatic rings. The van der Waals surface area contributed by atoms with Crippen molar-refractivity contribution in [3.05, 3.63) is 47.8 Å². The minimum Gasteiger partial charge on any atom is -0.490 e. The summed E-state index contributed by atoms with van der Waals surface area (Å²) in [6, 6.07) is 8.48. The van der Waals surface area contributed by atoms with Gasteiger partial charge in [-0.15, -0.1) is 11.8 Å². The predicted octanol–water partition coefficient (Wildman–Crippen LogP) is 2.62. The molecule has 2 heterocycles. The fraction of sp³-hybridized carbons (Fsp3) is 0.350. The van der Waals surface area contributed by atoms with Gasteiger partial charge in [0, 0.05) is 23.1 Å². The van der Waals surface area contributed by atoms with Gasteiger partial charge in [-0.05, 0) is 42.3 Å². The fourth-order valence-corrected chi connectivity index (χ4v) is 5.42. The molecule has 2 aromatic carbocycles. The quantitative estimate of drug-likeness (QED) is 0.725. The minimum atomic E-state index is -3.92. The van der Waals surface area contributed by atoms with Crippen molar-refractivity contribution in [2.75, 3.05) is 25.5 Å². The number of carbonyl (C=O) groups is 1. The second-order valence-electron chi connectivity index (χ2n) is 6.92. The molecule has 0 aromatic heterocycles. The van der Waals surface area contributed by atoms with Crippen LogP contribution in [0.25, 0.3) is 0 Å². The highest BCUT2D eigenvalue weighted by atomic mass is 32.2. The molecule has 2 aliphatic rings. The van der Waals surface area contributed by atoms with Crippen LogP contribution in [-0.2, 0) is 14.8 Å². The van der Waals surface area contributed by atoms with E-state index in [1.54, 1.807) is 23.9 Å². The number of benzene rings is 2. The zero-order valence-electron chi connectivity index (χ0n) is 16.0. The molecule has 1 atom stereocenters. The molecule has 0 aliphatic carbocycles. The largest absolute Gasteiger partial charge is 0.490 e. The third-order valence-corrected chi connectivity index (χ3v) is 7.32. The summed E-state index contributed by atoms with van der Waals surface area (Å²) in [6.07, 6.45) is 1.35. The maximum atomic E-state index is 13.6. The van der Waals surface area contributed by atoms with Crippen LogP contribution in [0.15, 0.2) is 46.2 Å². The Labute approximate surface area is 178 Å². The van der Waals surface area contributed by atoms with Crippen LogP contribution in [0.1, 0.15) is 24.4 Å². The van der Waals surface area contributed by atoms with Crippen molar-refractivity contribution in [3.8, 4) is 11.5 Å². The van der Waals surface area contributed by atoms with Gasteiger partial charge in [-0.1, -0.05) is 0 Å². The first-order chi connectivity index (χ1) is 14.4.